The summed E-state index contributed by atoms with van der Waals surface area (Å²) in [5.41, 5.74) is 4.86. The summed E-state index contributed by atoms with van der Waals surface area (Å²) in [5.74, 6) is 0.302. The van der Waals surface area contributed by atoms with Gasteiger partial charge < -0.3 is 0 Å². The summed E-state index contributed by atoms with van der Waals surface area (Å²) in [6.07, 6.45) is 5.09. The Morgan fingerprint density at radius 1 is 0.750 bits per heavy atom. The Morgan fingerprint density at radius 2 is 1.29 bits per heavy atom. The van der Waals surface area contributed by atoms with Crippen LogP contribution in [-0.2, 0) is 6.42 Å². The molecular formula is C23H21F. The van der Waals surface area contributed by atoms with Crippen LogP contribution in [0.3, 0.4) is 0 Å². The van der Waals surface area contributed by atoms with E-state index in [1.54, 1.807) is 12.1 Å². The first-order valence-electron chi connectivity index (χ1n) is 8.28. The first-order valence-corrected chi connectivity index (χ1v) is 8.28. The number of halogens is 1. The topological polar surface area (TPSA) is 0 Å². The van der Waals surface area contributed by atoms with E-state index in [0.717, 1.165) is 17.5 Å². The van der Waals surface area contributed by atoms with E-state index in [0.29, 0.717) is 5.92 Å². The van der Waals surface area contributed by atoms with Gasteiger partial charge in [0.2, 0.25) is 0 Å². The monoisotopic (exact) mass is 316 g/mol. The molecule has 0 aliphatic heterocycles. The molecule has 0 aliphatic carbocycles. The SMILES string of the molecule is C[C@@H](Cc1ccc(C=Cc2ccc(F)cc2)cc1)c1ccccc1. The Bertz CT molecular complexity index is 784. The van der Waals surface area contributed by atoms with Gasteiger partial charge in [-0.2, -0.15) is 0 Å². The van der Waals surface area contributed by atoms with E-state index in [-0.39, 0.29) is 5.82 Å². The van der Waals surface area contributed by atoms with Gasteiger partial charge in [-0.05, 0) is 46.7 Å². The summed E-state index contributed by atoms with van der Waals surface area (Å²) < 4.78 is 12.9. The zero-order chi connectivity index (χ0) is 16.8. The van der Waals surface area contributed by atoms with Crippen LogP contribution in [0.2, 0.25) is 0 Å². The molecule has 0 fully saturated rings. The van der Waals surface area contributed by atoms with Crippen molar-refractivity contribution in [3.63, 3.8) is 0 Å². The predicted octanol–water partition coefficient (Wildman–Crippen LogP) is 6.34. The molecule has 0 saturated heterocycles. The van der Waals surface area contributed by atoms with Gasteiger partial charge in [0.25, 0.3) is 0 Å². The van der Waals surface area contributed by atoms with Crippen molar-refractivity contribution >= 4 is 12.2 Å². The quantitative estimate of drug-likeness (QED) is 0.482. The molecule has 0 bridgehead atoms. The lowest BCUT2D eigenvalue weighted by atomic mass is 9.93. The van der Waals surface area contributed by atoms with Crippen molar-refractivity contribution in [3.05, 3.63) is 107 Å². The normalized spacial score (nSPS) is 12.4. The van der Waals surface area contributed by atoms with Crippen LogP contribution in [0, 0.1) is 5.82 Å². The van der Waals surface area contributed by atoms with Gasteiger partial charge in [-0.3, -0.25) is 0 Å². The summed E-state index contributed by atoms with van der Waals surface area (Å²) in [6.45, 7) is 2.26. The second-order valence-electron chi connectivity index (χ2n) is 6.14. The molecule has 3 rings (SSSR count). The molecule has 0 aliphatic rings. The van der Waals surface area contributed by atoms with Gasteiger partial charge in [0.15, 0.2) is 0 Å². The fourth-order valence-electron chi connectivity index (χ4n) is 2.78. The number of rotatable bonds is 5. The Kier molecular flexibility index (Phi) is 5.22. The Labute approximate surface area is 143 Å². The van der Waals surface area contributed by atoms with Crippen LogP contribution in [0.15, 0.2) is 78.9 Å². The summed E-state index contributed by atoms with van der Waals surface area (Å²) in [6, 6.07) is 25.8. The lowest BCUT2D eigenvalue weighted by Gasteiger charge is -2.12. The average Bonchev–Trinajstić information content (AvgIpc) is 2.63. The van der Waals surface area contributed by atoms with Crippen LogP contribution in [0.25, 0.3) is 12.2 Å². The first-order chi connectivity index (χ1) is 11.7. The van der Waals surface area contributed by atoms with E-state index in [2.05, 4.69) is 67.6 Å². The number of hydrogen-bond donors (Lipinski definition) is 0. The molecule has 0 unspecified atom stereocenters. The van der Waals surface area contributed by atoms with E-state index in [1.807, 2.05) is 6.08 Å². The molecule has 3 aromatic rings. The zero-order valence-electron chi connectivity index (χ0n) is 13.8. The number of benzene rings is 3. The zero-order valence-corrected chi connectivity index (χ0v) is 13.8. The molecule has 0 spiro atoms. The fraction of sp³-hybridized carbons (Fsp3) is 0.130. The molecule has 0 N–H and O–H groups in total. The average molecular weight is 316 g/mol. The molecular weight excluding hydrogens is 295 g/mol. The standard InChI is InChI=1S/C23H21F/c1-18(22-5-3-2-4-6-22)17-21-11-9-19(10-12-21)7-8-20-13-15-23(24)16-14-20/h2-16,18H,17H2,1H3/t18-/m0/s1. The third-order valence-electron chi connectivity index (χ3n) is 4.23. The highest BCUT2D eigenvalue weighted by molar-refractivity contribution is 5.69. The van der Waals surface area contributed by atoms with Gasteiger partial charge in [-0.15, -0.1) is 0 Å². The Hall–Kier alpha value is -2.67. The summed E-state index contributed by atoms with van der Waals surface area (Å²) >= 11 is 0. The van der Waals surface area contributed by atoms with Crippen LogP contribution in [0.1, 0.15) is 35.1 Å². The maximum Gasteiger partial charge on any atom is 0.123 e. The third kappa shape index (κ3) is 4.42. The molecule has 0 heterocycles. The van der Waals surface area contributed by atoms with Crippen molar-refractivity contribution in [3.8, 4) is 0 Å². The lowest BCUT2D eigenvalue weighted by Crippen LogP contribution is -1.98. The minimum absolute atomic E-state index is 0.205. The van der Waals surface area contributed by atoms with Gasteiger partial charge in [0.1, 0.15) is 5.82 Å². The van der Waals surface area contributed by atoms with Crippen LogP contribution >= 0.6 is 0 Å². The maximum absolute atomic E-state index is 12.9. The summed E-state index contributed by atoms with van der Waals surface area (Å²) in [7, 11) is 0. The summed E-state index contributed by atoms with van der Waals surface area (Å²) in [4.78, 5) is 0. The second kappa shape index (κ2) is 7.74. The second-order valence-corrected chi connectivity index (χ2v) is 6.14. The van der Waals surface area contributed by atoms with Crippen LogP contribution < -0.4 is 0 Å². The molecule has 0 nitrogen and oxygen atoms in total. The van der Waals surface area contributed by atoms with Crippen molar-refractivity contribution in [2.24, 2.45) is 0 Å². The van der Waals surface area contributed by atoms with Crippen molar-refractivity contribution in [2.45, 2.75) is 19.3 Å². The Balaban J connectivity index is 1.64. The van der Waals surface area contributed by atoms with Gasteiger partial charge in [-0.1, -0.05) is 85.8 Å². The fourth-order valence-corrected chi connectivity index (χ4v) is 2.78. The van der Waals surface area contributed by atoms with E-state index >= 15 is 0 Å². The molecule has 24 heavy (non-hydrogen) atoms. The van der Waals surface area contributed by atoms with Crippen molar-refractivity contribution in [2.75, 3.05) is 0 Å². The minimum Gasteiger partial charge on any atom is -0.207 e. The van der Waals surface area contributed by atoms with E-state index < -0.39 is 0 Å². The number of hydrogen-bond acceptors (Lipinski definition) is 0. The minimum atomic E-state index is -0.205. The largest absolute Gasteiger partial charge is 0.207 e. The van der Waals surface area contributed by atoms with Crippen molar-refractivity contribution in [1.29, 1.82) is 0 Å². The third-order valence-corrected chi connectivity index (χ3v) is 4.23. The van der Waals surface area contributed by atoms with Crippen LogP contribution in [0.5, 0.6) is 0 Å². The molecule has 120 valence electrons. The molecule has 0 saturated carbocycles. The highest BCUT2D eigenvalue weighted by Gasteiger charge is 2.05. The van der Waals surface area contributed by atoms with Gasteiger partial charge >= 0.3 is 0 Å². The van der Waals surface area contributed by atoms with E-state index in [1.165, 1.54) is 23.3 Å². The first kappa shape index (κ1) is 16.2. The molecule has 0 radical (unpaired) electrons. The molecule has 1 atom stereocenters. The smallest absolute Gasteiger partial charge is 0.123 e. The van der Waals surface area contributed by atoms with Crippen LogP contribution in [0.4, 0.5) is 4.39 Å². The lowest BCUT2D eigenvalue weighted by molar-refractivity contribution is 0.628. The molecule has 0 aromatic heterocycles. The van der Waals surface area contributed by atoms with Gasteiger partial charge in [0, 0.05) is 0 Å². The van der Waals surface area contributed by atoms with Crippen molar-refractivity contribution < 1.29 is 4.39 Å². The molecule has 1 heteroatoms. The molecule has 3 aromatic carbocycles. The van der Waals surface area contributed by atoms with Gasteiger partial charge in [0.05, 0.1) is 0 Å². The van der Waals surface area contributed by atoms with Crippen molar-refractivity contribution in [1.82, 2.24) is 0 Å². The molecule has 0 amide bonds. The van der Waals surface area contributed by atoms with Gasteiger partial charge in [-0.25, -0.2) is 4.39 Å². The summed E-state index contributed by atoms with van der Waals surface area (Å²) in [5, 5.41) is 0. The van der Waals surface area contributed by atoms with E-state index in [4.69, 9.17) is 0 Å². The van der Waals surface area contributed by atoms with Crippen LogP contribution in [-0.4, -0.2) is 0 Å². The Morgan fingerprint density at radius 3 is 1.88 bits per heavy atom. The predicted molar refractivity (Wildman–Crippen MR) is 100 cm³/mol. The van der Waals surface area contributed by atoms with E-state index in [9.17, 15) is 4.39 Å². The highest BCUT2D eigenvalue weighted by atomic mass is 19.1. The highest BCUT2D eigenvalue weighted by Crippen LogP contribution is 2.20. The maximum atomic E-state index is 12.9.